The molecule has 1 amide bonds. The van der Waals surface area contributed by atoms with Crippen molar-refractivity contribution < 1.29 is 14.3 Å². The Morgan fingerprint density at radius 2 is 1.91 bits per heavy atom. The van der Waals surface area contributed by atoms with Crippen molar-refractivity contribution in [1.82, 2.24) is 4.90 Å². The molecule has 5 heteroatoms. The van der Waals surface area contributed by atoms with E-state index in [-0.39, 0.29) is 24.3 Å². The summed E-state index contributed by atoms with van der Waals surface area (Å²) in [6.07, 6.45) is 5.65. The minimum Gasteiger partial charge on any atom is -0.466 e. The van der Waals surface area contributed by atoms with Gasteiger partial charge in [0, 0.05) is 12.6 Å². The molecule has 0 aliphatic heterocycles. The maximum atomic E-state index is 12.9. The summed E-state index contributed by atoms with van der Waals surface area (Å²) in [5, 5.41) is 0.453. The molecule has 1 fully saturated rings. The maximum Gasteiger partial charge on any atom is 0.307 e. The highest BCUT2D eigenvalue weighted by Gasteiger charge is 2.27. The molecule has 23 heavy (non-hydrogen) atoms. The summed E-state index contributed by atoms with van der Waals surface area (Å²) in [7, 11) is 0. The Balaban J connectivity index is 2.13. The van der Waals surface area contributed by atoms with E-state index in [1.165, 1.54) is 6.42 Å². The van der Waals surface area contributed by atoms with Gasteiger partial charge in [-0.15, -0.1) is 0 Å². The Kier molecular flexibility index (Phi) is 6.90. The molecule has 4 nitrogen and oxygen atoms in total. The number of amides is 1. The van der Waals surface area contributed by atoms with Gasteiger partial charge in [-0.25, -0.2) is 0 Å². The van der Waals surface area contributed by atoms with Gasteiger partial charge in [-0.2, -0.15) is 0 Å². The lowest BCUT2D eigenvalue weighted by Crippen LogP contribution is -2.42. The Morgan fingerprint density at radius 3 is 2.57 bits per heavy atom. The van der Waals surface area contributed by atoms with Gasteiger partial charge < -0.3 is 9.64 Å². The van der Waals surface area contributed by atoms with E-state index in [0.29, 0.717) is 23.7 Å². The van der Waals surface area contributed by atoms with Crippen molar-refractivity contribution in [3.05, 3.63) is 34.9 Å². The molecule has 2 rings (SSSR count). The number of benzene rings is 1. The van der Waals surface area contributed by atoms with Gasteiger partial charge in [0.05, 0.1) is 23.6 Å². The average Bonchev–Trinajstić information content (AvgIpc) is 2.56. The highest BCUT2D eigenvalue weighted by molar-refractivity contribution is 6.33. The molecule has 0 aromatic heterocycles. The van der Waals surface area contributed by atoms with E-state index in [4.69, 9.17) is 16.3 Å². The predicted molar refractivity (Wildman–Crippen MR) is 90.6 cm³/mol. The van der Waals surface area contributed by atoms with Gasteiger partial charge in [0.25, 0.3) is 5.91 Å². The molecular weight excluding hydrogens is 314 g/mol. The van der Waals surface area contributed by atoms with E-state index in [0.717, 1.165) is 25.7 Å². The molecule has 0 heterocycles. The molecular formula is C18H24ClNO3. The van der Waals surface area contributed by atoms with Gasteiger partial charge >= 0.3 is 5.97 Å². The third kappa shape index (κ3) is 4.96. The molecule has 126 valence electrons. The van der Waals surface area contributed by atoms with Crippen molar-refractivity contribution in [3.63, 3.8) is 0 Å². The molecule has 0 N–H and O–H groups in total. The number of halogens is 1. The summed E-state index contributed by atoms with van der Waals surface area (Å²) in [5.41, 5.74) is 0.503. The monoisotopic (exact) mass is 337 g/mol. The normalized spacial score (nSPS) is 15.2. The van der Waals surface area contributed by atoms with Crippen molar-refractivity contribution in [1.29, 1.82) is 0 Å². The standard InChI is InChI=1S/C18H24ClNO3/c1-2-23-17(21)12-13-20(14-8-4-3-5-9-14)18(22)15-10-6-7-11-16(15)19/h6-7,10-11,14H,2-5,8-9,12-13H2,1H3. The molecule has 1 saturated carbocycles. The van der Waals surface area contributed by atoms with Crippen molar-refractivity contribution in [2.45, 2.75) is 51.5 Å². The summed E-state index contributed by atoms with van der Waals surface area (Å²) < 4.78 is 4.99. The van der Waals surface area contributed by atoms with Crippen LogP contribution in [0.5, 0.6) is 0 Å². The fourth-order valence-electron chi connectivity index (χ4n) is 3.08. The highest BCUT2D eigenvalue weighted by atomic mass is 35.5. The van der Waals surface area contributed by atoms with E-state index < -0.39 is 0 Å². The number of carbonyl (C=O) groups excluding carboxylic acids is 2. The second-order valence-corrected chi connectivity index (χ2v) is 6.23. The first-order chi connectivity index (χ1) is 11.1. The number of rotatable bonds is 6. The first-order valence-electron chi connectivity index (χ1n) is 8.34. The van der Waals surface area contributed by atoms with Crippen LogP contribution in [0.1, 0.15) is 55.8 Å². The number of ether oxygens (including phenoxy) is 1. The number of hydrogen-bond acceptors (Lipinski definition) is 3. The summed E-state index contributed by atoms with van der Waals surface area (Å²) >= 11 is 6.18. The molecule has 1 aliphatic carbocycles. The van der Waals surface area contributed by atoms with E-state index in [1.54, 1.807) is 19.1 Å². The summed E-state index contributed by atoms with van der Waals surface area (Å²) in [6, 6.07) is 7.26. The molecule has 1 aromatic rings. The quantitative estimate of drug-likeness (QED) is 0.735. The largest absolute Gasteiger partial charge is 0.466 e. The molecule has 0 saturated heterocycles. The van der Waals surface area contributed by atoms with Crippen LogP contribution in [0.15, 0.2) is 24.3 Å². The predicted octanol–water partition coefficient (Wildman–Crippen LogP) is 4.07. The number of esters is 1. The Bertz CT molecular complexity index is 541. The van der Waals surface area contributed by atoms with Crippen LogP contribution in [0.4, 0.5) is 0 Å². The second kappa shape index (κ2) is 8.92. The lowest BCUT2D eigenvalue weighted by molar-refractivity contribution is -0.143. The number of nitrogens with zero attached hydrogens (tertiary/aromatic N) is 1. The third-order valence-electron chi connectivity index (χ3n) is 4.24. The van der Waals surface area contributed by atoms with Crippen LogP contribution in [0.2, 0.25) is 5.02 Å². The van der Waals surface area contributed by atoms with Crippen molar-refractivity contribution in [3.8, 4) is 0 Å². The van der Waals surface area contributed by atoms with E-state index >= 15 is 0 Å². The Labute approximate surface area is 142 Å². The van der Waals surface area contributed by atoms with Gasteiger partial charge in [-0.1, -0.05) is 43.0 Å². The van der Waals surface area contributed by atoms with Crippen LogP contribution >= 0.6 is 11.6 Å². The zero-order valence-electron chi connectivity index (χ0n) is 13.6. The first kappa shape index (κ1) is 17.8. The van der Waals surface area contributed by atoms with Gasteiger partial charge in [0.2, 0.25) is 0 Å². The lowest BCUT2D eigenvalue weighted by Gasteiger charge is -2.34. The van der Waals surface area contributed by atoms with Gasteiger partial charge in [0.15, 0.2) is 0 Å². The van der Waals surface area contributed by atoms with Crippen LogP contribution in [0, 0.1) is 0 Å². The second-order valence-electron chi connectivity index (χ2n) is 5.83. The minimum atomic E-state index is -0.264. The van der Waals surface area contributed by atoms with Crippen LogP contribution in [-0.2, 0) is 9.53 Å². The molecule has 1 aliphatic rings. The topological polar surface area (TPSA) is 46.6 Å². The van der Waals surface area contributed by atoms with Crippen LogP contribution in [0.3, 0.4) is 0 Å². The van der Waals surface area contributed by atoms with Crippen molar-refractivity contribution in [2.75, 3.05) is 13.2 Å². The first-order valence-corrected chi connectivity index (χ1v) is 8.72. The lowest BCUT2D eigenvalue weighted by atomic mass is 9.93. The minimum absolute atomic E-state index is 0.0909. The fourth-order valence-corrected chi connectivity index (χ4v) is 3.29. The molecule has 1 aromatic carbocycles. The summed E-state index contributed by atoms with van der Waals surface area (Å²) in [5.74, 6) is -0.355. The SMILES string of the molecule is CCOC(=O)CCN(C(=O)c1ccccc1Cl)C1CCCCC1. The smallest absolute Gasteiger partial charge is 0.307 e. The van der Waals surface area contributed by atoms with Crippen LogP contribution < -0.4 is 0 Å². The van der Waals surface area contributed by atoms with Crippen molar-refractivity contribution >= 4 is 23.5 Å². The van der Waals surface area contributed by atoms with Crippen LogP contribution in [-0.4, -0.2) is 36.0 Å². The van der Waals surface area contributed by atoms with Gasteiger partial charge in [-0.3, -0.25) is 9.59 Å². The molecule has 0 spiro atoms. The summed E-state index contributed by atoms with van der Waals surface area (Å²) in [4.78, 5) is 26.4. The Morgan fingerprint density at radius 1 is 1.22 bits per heavy atom. The van der Waals surface area contributed by atoms with Gasteiger partial charge in [-0.05, 0) is 31.9 Å². The zero-order valence-corrected chi connectivity index (χ0v) is 14.3. The zero-order chi connectivity index (χ0) is 16.7. The Hall–Kier alpha value is -1.55. The maximum absolute atomic E-state index is 12.9. The average molecular weight is 338 g/mol. The van der Waals surface area contributed by atoms with E-state index in [2.05, 4.69) is 0 Å². The molecule has 0 atom stereocenters. The highest BCUT2D eigenvalue weighted by Crippen LogP contribution is 2.26. The van der Waals surface area contributed by atoms with E-state index in [9.17, 15) is 9.59 Å². The fraction of sp³-hybridized carbons (Fsp3) is 0.556. The molecule has 0 unspecified atom stereocenters. The van der Waals surface area contributed by atoms with Crippen molar-refractivity contribution in [2.24, 2.45) is 0 Å². The number of hydrogen-bond donors (Lipinski definition) is 0. The van der Waals surface area contributed by atoms with Crippen LogP contribution in [0.25, 0.3) is 0 Å². The molecule has 0 radical (unpaired) electrons. The summed E-state index contributed by atoms with van der Waals surface area (Å²) in [6.45, 7) is 2.53. The molecule has 0 bridgehead atoms. The van der Waals surface area contributed by atoms with Gasteiger partial charge in [0.1, 0.15) is 0 Å². The van der Waals surface area contributed by atoms with E-state index in [1.807, 2.05) is 17.0 Å². The number of carbonyl (C=O) groups is 2. The third-order valence-corrected chi connectivity index (χ3v) is 4.57.